The fourth-order valence-electron chi connectivity index (χ4n) is 2.12. The summed E-state index contributed by atoms with van der Waals surface area (Å²) >= 11 is 0. The fourth-order valence-corrected chi connectivity index (χ4v) is 2.12. The van der Waals surface area contributed by atoms with Crippen molar-refractivity contribution >= 4 is 17.1 Å². The predicted octanol–water partition coefficient (Wildman–Crippen LogP) is 4.12. The first-order valence-electron chi connectivity index (χ1n) is 6.98. The van der Waals surface area contributed by atoms with Crippen LogP contribution < -0.4 is 20.5 Å². The van der Waals surface area contributed by atoms with Crippen LogP contribution in [-0.4, -0.2) is 13.2 Å². The van der Waals surface area contributed by atoms with Crippen molar-refractivity contribution in [2.75, 3.05) is 18.2 Å². The molecule has 0 aliphatic carbocycles. The van der Waals surface area contributed by atoms with Gasteiger partial charge in [-0.05, 0) is 56.7 Å². The quantitative estimate of drug-likeness (QED) is 0.812. The Labute approximate surface area is 125 Å². The maximum Gasteiger partial charge on any atom is 0.144 e. The lowest BCUT2D eigenvalue weighted by Crippen LogP contribution is -2.08. The van der Waals surface area contributed by atoms with Gasteiger partial charge >= 0.3 is 0 Å². The maximum atomic E-state index is 6.16. The Morgan fingerprint density at radius 3 is 2.48 bits per heavy atom. The summed E-state index contributed by atoms with van der Waals surface area (Å²) in [5.41, 5.74) is 9.63. The van der Waals surface area contributed by atoms with Crippen molar-refractivity contribution in [1.29, 1.82) is 0 Å². The molecule has 0 fully saturated rings. The third-order valence-corrected chi connectivity index (χ3v) is 3.10. The van der Waals surface area contributed by atoms with Gasteiger partial charge in [-0.1, -0.05) is 6.07 Å². The minimum absolute atomic E-state index is 0.0887. The Bertz CT molecular complexity index is 624. The Hall–Kier alpha value is -2.36. The Morgan fingerprint density at radius 1 is 1.10 bits per heavy atom. The SMILES string of the molecule is COc1ccc(Nc2cccc(OC(C)C)c2N)cc1C. The summed E-state index contributed by atoms with van der Waals surface area (Å²) in [7, 11) is 1.67. The van der Waals surface area contributed by atoms with Crippen LogP contribution in [0.2, 0.25) is 0 Å². The molecule has 0 atom stereocenters. The summed E-state index contributed by atoms with van der Waals surface area (Å²) in [5, 5.41) is 3.32. The summed E-state index contributed by atoms with van der Waals surface area (Å²) in [5.74, 6) is 1.56. The number of aryl methyl sites for hydroxylation is 1. The van der Waals surface area contributed by atoms with Crippen LogP contribution in [0.15, 0.2) is 36.4 Å². The van der Waals surface area contributed by atoms with E-state index >= 15 is 0 Å². The number of ether oxygens (including phenoxy) is 2. The number of rotatable bonds is 5. The second-order valence-electron chi connectivity index (χ2n) is 5.19. The van der Waals surface area contributed by atoms with E-state index in [2.05, 4.69) is 5.32 Å². The molecule has 0 amide bonds. The average Bonchev–Trinajstić information content (AvgIpc) is 2.43. The average molecular weight is 286 g/mol. The molecular formula is C17H22N2O2. The molecule has 0 unspecified atom stereocenters. The molecule has 2 aromatic rings. The van der Waals surface area contributed by atoms with Gasteiger partial charge in [0, 0.05) is 5.69 Å². The van der Waals surface area contributed by atoms with E-state index in [1.807, 2.05) is 57.2 Å². The van der Waals surface area contributed by atoms with Crippen molar-refractivity contribution in [2.24, 2.45) is 0 Å². The van der Waals surface area contributed by atoms with Gasteiger partial charge < -0.3 is 20.5 Å². The lowest BCUT2D eigenvalue weighted by Gasteiger charge is -2.16. The Morgan fingerprint density at radius 2 is 1.86 bits per heavy atom. The van der Waals surface area contributed by atoms with Crippen LogP contribution >= 0.6 is 0 Å². The molecule has 0 saturated carbocycles. The minimum atomic E-state index is 0.0887. The zero-order valence-corrected chi connectivity index (χ0v) is 12.9. The third kappa shape index (κ3) is 3.60. The second-order valence-corrected chi connectivity index (χ2v) is 5.19. The van der Waals surface area contributed by atoms with E-state index in [9.17, 15) is 0 Å². The molecule has 0 spiro atoms. The van der Waals surface area contributed by atoms with Crippen molar-refractivity contribution in [3.63, 3.8) is 0 Å². The van der Waals surface area contributed by atoms with Gasteiger partial charge in [0.15, 0.2) is 0 Å². The normalized spacial score (nSPS) is 10.5. The van der Waals surface area contributed by atoms with E-state index in [0.29, 0.717) is 11.4 Å². The lowest BCUT2D eigenvalue weighted by atomic mass is 10.2. The van der Waals surface area contributed by atoms with E-state index in [1.165, 1.54) is 0 Å². The van der Waals surface area contributed by atoms with Gasteiger partial charge in [-0.2, -0.15) is 0 Å². The largest absolute Gasteiger partial charge is 0.496 e. The third-order valence-electron chi connectivity index (χ3n) is 3.10. The molecule has 4 nitrogen and oxygen atoms in total. The van der Waals surface area contributed by atoms with Crippen LogP contribution in [0, 0.1) is 6.92 Å². The highest BCUT2D eigenvalue weighted by Gasteiger charge is 2.08. The lowest BCUT2D eigenvalue weighted by molar-refractivity contribution is 0.244. The van der Waals surface area contributed by atoms with Crippen LogP contribution in [0.5, 0.6) is 11.5 Å². The van der Waals surface area contributed by atoms with Crippen molar-refractivity contribution in [3.8, 4) is 11.5 Å². The van der Waals surface area contributed by atoms with E-state index in [-0.39, 0.29) is 6.10 Å². The van der Waals surface area contributed by atoms with Gasteiger partial charge in [0.1, 0.15) is 11.5 Å². The molecule has 0 radical (unpaired) electrons. The van der Waals surface area contributed by atoms with Crippen LogP contribution in [-0.2, 0) is 0 Å². The van der Waals surface area contributed by atoms with Gasteiger partial charge in [0.25, 0.3) is 0 Å². The summed E-state index contributed by atoms with van der Waals surface area (Å²) < 4.78 is 11.0. The first kappa shape index (κ1) is 15.0. The zero-order valence-electron chi connectivity index (χ0n) is 12.9. The zero-order chi connectivity index (χ0) is 15.4. The van der Waals surface area contributed by atoms with Gasteiger partial charge in [-0.25, -0.2) is 0 Å². The molecule has 0 saturated heterocycles. The highest BCUT2D eigenvalue weighted by molar-refractivity contribution is 5.77. The summed E-state index contributed by atoms with van der Waals surface area (Å²) in [6.45, 7) is 5.96. The number of hydrogen-bond acceptors (Lipinski definition) is 4. The first-order chi connectivity index (χ1) is 10.0. The van der Waals surface area contributed by atoms with Crippen molar-refractivity contribution in [3.05, 3.63) is 42.0 Å². The Kier molecular flexibility index (Phi) is 4.58. The number of nitrogens with two attached hydrogens (primary N) is 1. The minimum Gasteiger partial charge on any atom is -0.496 e. The first-order valence-corrected chi connectivity index (χ1v) is 6.98. The van der Waals surface area contributed by atoms with E-state index < -0.39 is 0 Å². The summed E-state index contributed by atoms with van der Waals surface area (Å²) in [4.78, 5) is 0. The van der Waals surface area contributed by atoms with E-state index in [4.69, 9.17) is 15.2 Å². The van der Waals surface area contributed by atoms with E-state index in [0.717, 1.165) is 22.7 Å². The highest BCUT2D eigenvalue weighted by atomic mass is 16.5. The van der Waals surface area contributed by atoms with Crippen LogP contribution in [0.1, 0.15) is 19.4 Å². The van der Waals surface area contributed by atoms with Gasteiger partial charge in [0.05, 0.1) is 24.6 Å². The molecule has 0 aromatic heterocycles. The molecule has 0 heterocycles. The second kappa shape index (κ2) is 6.39. The van der Waals surface area contributed by atoms with Gasteiger partial charge in [-0.15, -0.1) is 0 Å². The standard InChI is InChI=1S/C17H22N2O2/c1-11(2)21-16-7-5-6-14(17(16)18)19-13-8-9-15(20-4)12(3)10-13/h5-11,19H,18H2,1-4H3. The molecule has 2 aromatic carbocycles. The van der Waals surface area contributed by atoms with Crippen molar-refractivity contribution < 1.29 is 9.47 Å². The number of benzene rings is 2. The molecule has 3 N–H and O–H groups in total. The number of anilines is 3. The number of methoxy groups -OCH3 is 1. The molecule has 0 bridgehead atoms. The molecule has 4 heteroatoms. The topological polar surface area (TPSA) is 56.5 Å². The monoisotopic (exact) mass is 286 g/mol. The molecule has 0 aliphatic rings. The van der Waals surface area contributed by atoms with Crippen LogP contribution in [0.4, 0.5) is 17.1 Å². The smallest absolute Gasteiger partial charge is 0.144 e. The van der Waals surface area contributed by atoms with Crippen molar-refractivity contribution in [2.45, 2.75) is 26.9 Å². The maximum absolute atomic E-state index is 6.16. The van der Waals surface area contributed by atoms with Gasteiger partial charge in [-0.3, -0.25) is 0 Å². The Balaban J connectivity index is 2.25. The van der Waals surface area contributed by atoms with Crippen LogP contribution in [0.25, 0.3) is 0 Å². The number of hydrogen-bond donors (Lipinski definition) is 2. The number of para-hydroxylation sites is 1. The molecule has 0 aliphatic heterocycles. The predicted molar refractivity (Wildman–Crippen MR) is 87.6 cm³/mol. The van der Waals surface area contributed by atoms with Crippen molar-refractivity contribution in [1.82, 2.24) is 0 Å². The van der Waals surface area contributed by atoms with Crippen LogP contribution in [0.3, 0.4) is 0 Å². The highest BCUT2D eigenvalue weighted by Crippen LogP contribution is 2.33. The molecule has 2 rings (SSSR count). The molecular weight excluding hydrogens is 264 g/mol. The fraction of sp³-hybridized carbons (Fsp3) is 0.294. The molecule has 21 heavy (non-hydrogen) atoms. The molecule has 112 valence electrons. The summed E-state index contributed by atoms with van der Waals surface area (Å²) in [6.07, 6.45) is 0.0887. The van der Waals surface area contributed by atoms with E-state index in [1.54, 1.807) is 7.11 Å². The summed E-state index contributed by atoms with van der Waals surface area (Å²) in [6, 6.07) is 11.6. The number of nitrogens with one attached hydrogen (secondary N) is 1. The number of nitrogen functional groups attached to an aromatic ring is 1. The van der Waals surface area contributed by atoms with Gasteiger partial charge in [0.2, 0.25) is 0 Å².